The van der Waals surface area contributed by atoms with Gasteiger partial charge >= 0.3 is 0 Å². The smallest absolute Gasteiger partial charge is 0.228 e. The number of amides is 1. The average Bonchev–Trinajstić information content (AvgIpc) is 2.84. The Balaban J connectivity index is 1.79. The zero-order chi connectivity index (χ0) is 15.7. The minimum Gasteiger partial charge on any atom is -0.464 e. The van der Waals surface area contributed by atoms with Gasteiger partial charge in [0.05, 0.1) is 12.7 Å². The molecule has 0 unspecified atom stereocenters. The molecule has 1 aromatic heterocycles. The summed E-state index contributed by atoms with van der Waals surface area (Å²) in [5.74, 6) is -0.0828. The summed E-state index contributed by atoms with van der Waals surface area (Å²) in [4.78, 5) is 12.2. The van der Waals surface area contributed by atoms with Gasteiger partial charge in [-0.1, -0.05) is 11.6 Å². The summed E-state index contributed by atoms with van der Waals surface area (Å²) in [6.07, 6.45) is 1.87. The van der Waals surface area contributed by atoms with E-state index in [9.17, 15) is 4.79 Å². The summed E-state index contributed by atoms with van der Waals surface area (Å²) in [5, 5.41) is 4.44. The average molecular weight is 426 g/mol. The van der Waals surface area contributed by atoms with Gasteiger partial charge in [-0.2, -0.15) is 0 Å². The number of halogens is 2. The molecular formula is C17H13ClINO2. The highest BCUT2D eigenvalue weighted by atomic mass is 127. The number of fused-ring (bicyclic) bond motifs is 1. The van der Waals surface area contributed by atoms with E-state index in [2.05, 4.69) is 27.9 Å². The van der Waals surface area contributed by atoms with Crippen LogP contribution in [0.3, 0.4) is 0 Å². The zero-order valence-electron chi connectivity index (χ0n) is 11.8. The molecule has 22 heavy (non-hydrogen) atoms. The number of hydrogen-bond donors (Lipinski definition) is 1. The maximum Gasteiger partial charge on any atom is 0.228 e. The fraction of sp³-hybridized carbons (Fsp3) is 0.118. The normalized spacial score (nSPS) is 10.9. The monoisotopic (exact) mass is 425 g/mol. The number of furan rings is 1. The number of carbonyl (C=O) groups is 1. The quantitative estimate of drug-likeness (QED) is 0.588. The van der Waals surface area contributed by atoms with Gasteiger partial charge in [-0.05, 0) is 71.5 Å². The van der Waals surface area contributed by atoms with Gasteiger partial charge in [0.15, 0.2) is 0 Å². The molecule has 5 heteroatoms. The van der Waals surface area contributed by atoms with Crippen LogP contribution in [0.15, 0.2) is 47.1 Å². The van der Waals surface area contributed by atoms with Gasteiger partial charge in [0.25, 0.3) is 0 Å². The zero-order valence-corrected chi connectivity index (χ0v) is 14.7. The minimum absolute atomic E-state index is 0.0828. The second-order valence-electron chi connectivity index (χ2n) is 5.09. The molecular weight excluding hydrogens is 413 g/mol. The first-order valence-electron chi connectivity index (χ1n) is 6.74. The van der Waals surface area contributed by atoms with Crippen molar-refractivity contribution in [1.82, 2.24) is 0 Å². The van der Waals surface area contributed by atoms with Crippen LogP contribution in [0.1, 0.15) is 11.1 Å². The third-order valence-corrected chi connectivity index (χ3v) is 4.54. The molecule has 3 nitrogen and oxygen atoms in total. The number of benzene rings is 2. The van der Waals surface area contributed by atoms with Gasteiger partial charge in [0, 0.05) is 25.2 Å². The van der Waals surface area contributed by atoms with Crippen LogP contribution in [0.25, 0.3) is 11.0 Å². The number of hydrogen-bond acceptors (Lipinski definition) is 2. The number of carbonyl (C=O) groups excluding carboxylic acids is 1. The first-order valence-corrected chi connectivity index (χ1v) is 8.20. The van der Waals surface area contributed by atoms with E-state index in [1.807, 2.05) is 43.3 Å². The summed E-state index contributed by atoms with van der Waals surface area (Å²) in [7, 11) is 0. The Kier molecular flexibility index (Phi) is 4.40. The first-order chi connectivity index (χ1) is 10.5. The lowest BCUT2D eigenvalue weighted by Gasteiger charge is -2.05. The second kappa shape index (κ2) is 6.30. The van der Waals surface area contributed by atoms with Crippen molar-refractivity contribution in [3.8, 4) is 0 Å². The van der Waals surface area contributed by atoms with Crippen LogP contribution in [-0.2, 0) is 11.2 Å². The summed E-state index contributed by atoms with van der Waals surface area (Å²) in [5.41, 5.74) is 3.32. The predicted octanol–water partition coefficient (Wildman–Crippen LogP) is 5.18. The molecule has 0 aliphatic rings. The molecule has 0 saturated heterocycles. The Morgan fingerprint density at radius 1 is 1.27 bits per heavy atom. The fourth-order valence-electron chi connectivity index (χ4n) is 2.25. The molecule has 0 aliphatic heterocycles. The van der Waals surface area contributed by atoms with Crippen molar-refractivity contribution in [2.75, 3.05) is 5.32 Å². The fourth-order valence-corrected chi connectivity index (χ4v) is 2.77. The first kappa shape index (κ1) is 15.4. The summed E-state index contributed by atoms with van der Waals surface area (Å²) >= 11 is 8.38. The Labute approximate surface area is 146 Å². The summed E-state index contributed by atoms with van der Waals surface area (Å²) in [6, 6.07) is 11.4. The molecule has 1 heterocycles. The lowest BCUT2D eigenvalue weighted by Crippen LogP contribution is -2.14. The van der Waals surface area contributed by atoms with E-state index in [-0.39, 0.29) is 12.3 Å². The Bertz CT molecular complexity index is 840. The van der Waals surface area contributed by atoms with Gasteiger partial charge in [-0.25, -0.2) is 0 Å². The van der Waals surface area contributed by atoms with Crippen LogP contribution in [0.2, 0.25) is 5.02 Å². The van der Waals surface area contributed by atoms with E-state index < -0.39 is 0 Å². The standard InChI is InChI=1S/C17H13ClINO2/c1-10-6-16-14(8-15(10)18)11(9-22-16)7-17(21)20-13-4-2-12(19)3-5-13/h2-6,8-9H,7H2,1H3,(H,20,21). The van der Waals surface area contributed by atoms with Gasteiger partial charge in [-0.3, -0.25) is 4.79 Å². The van der Waals surface area contributed by atoms with Crippen molar-refractivity contribution in [1.29, 1.82) is 0 Å². The Hall–Kier alpha value is -1.53. The molecule has 1 amide bonds. The van der Waals surface area contributed by atoms with E-state index in [1.54, 1.807) is 6.26 Å². The Morgan fingerprint density at radius 2 is 2.00 bits per heavy atom. The van der Waals surface area contributed by atoms with Crippen molar-refractivity contribution in [2.45, 2.75) is 13.3 Å². The second-order valence-corrected chi connectivity index (χ2v) is 6.74. The number of rotatable bonds is 3. The minimum atomic E-state index is -0.0828. The van der Waals surface area contributed by atoms with Crippen LogP contribution in [0.5, 0.6) is 0 Å². The molecule has 3 aromatic rings. The largest absolute Gasteiger partial charge is 0.464 e. The van der Waals surface area contributed by atoms with Crippen LogP contribution in [-0.4, -0.2) is 5.91 Å². The molecule has 0 atom stereocenters. The number of aryl methyl sites for hydroxylation is 1. The van der Waals surface area contributed by atoms with Gasteiger partial charge < -0.3 is 9.73 Å². The van der Waals surface area contributed by atoms with E-state index in [1.165, 1.54) is 0 Å². The molecule has 0 saturated carbocycles. The highest BCUT2D eigenvalue weighted by Crippen LogP contribution is 2.28. The van der Waals surface area contributed by atoms with E-state index in [4.69, 9.17) is 16.0 Å². The van der Waals surface area contributed by atoms with Gasteiger partial charge in [0.1, 0.15) is 5.58 Å². The van der Waals surface area contributed by atoms with Crippen LogP contribution >= 0.6 is 34.2 Å². The molecule has 1 N–H and O–H groups in total. The van der Waals surface area contributed by atoms with Crippen molar-refractivity contribution in [3.63, 3.8) is 0 Å². The van der Waals surface area contributed by atoms with Crippen molar-refractivity contribution in [2.24, 2.45) is 0 Å². The molecule has 0 aliphatic carbocycles. The molecule has 2 aromatic carbocycles. The molecule has 3 rings (SSSR count). The highest BCUT2D eigenvalue weighted by molar-refractivity contribution is 14.1. The van der Waals surface area contributed by atoms with E-state index >= 15 is 0 Å². The van der Waals surface area contributed by atoms with Crippen LogP contribution < -0.4 is 5.32 Å². The summed E-state index contributed by atoms with van der Waals surface area (Å²) < 4.78 is 6.64. The highest BCUT2D eigenvalue weighted by Gasteiger charge is 2.12. The molecule has 112 valence electrons. The molecule has 0 radical (unpaired) electrons. The predicted molar refractivity (Wildman–Crippen MR) is 97.5 cm³/mol. The van der Waals surface area contributed by atoms with Crippen molar-refractivity contribution >= 4 is 56.8 Å². The van der Waals surface area contributed by atoms with Crippen LogP contribution in [0, 0.1) is 10.5 Å². The maximum atomic E-state index is 12.2. The van der Waals surface area contributed by atoms with Crippen molar-refractivity contribution in [3.05, 3.63) is 62.4 Å². The van der Waals surface area contributed by atoms with Gasteiger partial charge in [-0.15, -0.1) is 0 Å². The lowest BCUT2D eigenvalue weighted by molar-refractivity contribution is -0.115. The number of nitrogens with one attached hydrogen (secondary N) is 1. The third-order valence-electron chi connectivity index (χ3n) is 3.41. The van der Waals surface area contributed by atoms with E-state index in [0.29, 0.717) is 5.02 Å². The molecule has 0 spiro atoms. The topological polar surface area (TPSA) is 42.2 Å². The lowest BCUT2D eigenvalue weighted by atomic mass is 10.1. The Morgan fingerprint density at radius 3 is 2.73 bits per heavy atom. The van der Waals surface area contributed by atoms with E-state index in [0.717, 1.165) is 31.4 Å². The molecule has 0 fully saturated rings. The van der Waals surface area contributed by atoms with Crippen LogP contribution in [0.4, 0.5) is 5.69 Å². The summed E-state index contributed by atoms with van der Waals surface area (Å²) in [6.45, 7) is 1.92. The SMILES string of the molecule is Cc1cc2occ(CC(=O)Nc3ccc(I)cc3)c2cc1Cl. The van der Waals surface area contributed by atoms with Gasteiger partial charge in [0.2, 0.25) is 5.91 Å². The number of anilines is 1. The third kappa shape index (κ3) is 3.28. The maximum absolute atomic E-state index is 12.2. The van der Waals surface area contributed by atoms with Crippen molar-refractivity contribution < 1.29 is 9.21 Å². The molecule has 0 bridgehead atoms.